The Morgan fingerprint density at radius 1 is 1.36 bits per heavy atom. The number of hydrogen-bond donors (Lipinski definition) is 1. The first-order chi connectivity index (χ1) is 5.27. The topological polar surface area (TPSA) is 59.4 Å². The van der Waals surface area contributed by atoms with Crippen LogP contribution < -0.4 is 0 Å². The highest BCUT2D eigenvalue weighted by Gasteiger charge is 1.99. The molecule has 0 aliphatic heterocycles. The Kier molecular flexibility index (Phi) is 6.00. The predicted molar refractivity (Wildman–Crippen MR) is 35.1 cm³/mol. The summed E-state index contributed by atoms with van der Waals surface area (Å²) in [7, 11) is -3.29. The fraction of sp³-hybridized carbons (Fsp3) is 0. The highest BCUT2D eigenvalue weighted by molar-refractivity contribution is 6.23. The second-order valence-electron chi connectivity index (χ2n) is 1.37. The summed E-state index contributed by atoms with van der Waals surface area (Å²) in [5.74, 6) is 0. The number of hydrogen-bond acceptors (Lipinski definition) is 3. The molecule has 1 N–H and O–H groups in total. The molecule has 0 radical (unpaired) electrons. The second kappa shape index (κ2) is 6.81. The molecule has 0 aliphatic rings. The molecule has 0 amide bonds. The van der Waals surface area contributed by atoms with Gasteiger partial charge in [-0.2, -0.15) is 0 Å². The Balaban J connectivity index is 0.000000187. The summed E-state index contributed by atoms with van der Waals surface area (Å²) in [6.07, 6.45) is 3.50. The molecule has 60 valence electrons. The van der Waals surface area contributed by atoms with E-state index in [1.54, 1.807) is 12.4 Å². The first-order valence-corrected chi connectivity index (χ1v) is 3.90. The summed E-state index contributed by atoms with van der Waals surface area (Å²) < 4.78 is 21.4. The van der Waals surface area contributed by atoms with E-state index in [2.05, 4.69) is 9.61 Å². The van der Waals surface area contributed by atoms with Crippen molar-refractivity contribution in [1.82, 2.24) is 4.98 Å². The fourth-order valence-corrected chi connectivity index (χ4v) is 0.313. The van der Waals surface area contributed by atoms with Crippen molar-refractivity contribution in [3.63, 3.8) is 0 Å². The molecule has 1 aromatic rings. The van der Waals surface area contributed by atoms with Crippen molar-refractivity contribution in [2.45, 2.75) is 0 Å². The van der Waals surface area contributed by atoms with E-state index in [9.17, 15) is 4.53 Å². The van der Waals surface area contributed by atoms with Crippen molar-refractivity contribution in [3.05, 3.63) is 30.6 Å². The SMILES string of the molecule is O=[Si](O)OF.c1ccncc1. The van der Waals surface area contributed by atoms with Crippen LogP contribution in [0.15, 0.2) is 30.6 Å². The van der Waals surface area contributed by atoms with Gasteiger partial charge in [0.05, 0.1) is 0 Å². The van der Waals surface area contributed by atoms with Crippen LogP contribution >= 0.6 is 0 Å². The first kappa shape index (κ1) is 9.70. The van der Waals surface area contributed by atoms with Gasteiger partial charge in [-0.1, -0.05) is 6.07 Å². The zero-order valence-electron chi connectivity index (χ0n) is 5.48. The summed E-state index contributed by atoms with van der Waals surface area (Å²) in [6.45, 7) is 0. The summed E-state index contributed by atoms with van der Waals surface area (Å²) in [4.78, 5) is 11.1. The maximum absolute atomic E-state index is 10.1. The molecular formula is C5H6FNO3Si. The predicted octanol–water partition coefficient (Wildman–Crippen LogP) is 0.377. The molecule has 0 aliphatic carbocycles. The van der Waals surface area contributed by atoms with Crippen LogP contribution in [0.5, 0.6) is 0 Å². The van der Waals surface area contributed by atoms with Gasteiger partial charge in [-0.15, -0.1) is 0 Å². The van der Waals surface area contributed by atoms with E-state index in [0.717, 1.165) is 0 Å². The quantitative estimate of drug-likeness (QED) is 0.627. The molecule has 1 rings (SSSR count). The van der Waals surface area contributed by atoms with Gasteiger partial charge in [-0.3, -0.25) is 14.1 Å². The minimum atomic E-state index is -3.29. The number of pyridine rings is 1. The third-order valence-electron chi connectivity index (χ3n) is 0.632. The van der Waals surface area contributed by atoms with E-state index in [0.29, 0.717) is 0 Å². The monoisotopic (exact) mass is 175 g/mol. The van der Waals surface area contributed by atoms with Gasteiger partial charge in [0, 0.05) is 16.9 Å². The Hall–Kier alpha value is -1.30. The molecule has 0 aromatic carbocycles. The Morgan fingerprint density at radius 3 is 1.91 bits per heavy atom. The second-order valence-corrected chi connectivity index (χ2v) is 2.05. The lowest BCUT2D eigenvalue weighted by molar-refractivity contribution is -0.0393. The number of aromatic nitrogens is 1. The Labute approximate surface area is 64.1 Å². The van der Waals surface area contributed by atoms with Gasteiger partial charge < -0.3 is 4.80 Å². The van der Waals surface area contributed by atoms with Crippen LogP contribution in [0.1, 0.15) is 0 Å². The minimum absolute atomic E-state index is 1.75. The molecule has 0 saturated heterocycles. The van der Waals surface area contributed by atoms with Gasteiger partial charge in [-0.05, 0) is 12.1 Å². The first-order valence-electron chi connectivity index (χ1n) is 2.64. The number of rotatable bonds is 1. The van der Waals surface area contributed by atoms with Crippen molar-refractivity contribution < 1.29 is 18.4 Å². The molecule has 6 heteroatoms. The average molecular weight is 175 g/mol. The number of halogens is 1. The molecule has 0 fully saturated rings. The van der Waals surface area contributed by atoms with Gasteiger partial charge >= 0.3 is 9.17 Å². The molecule has 11 heavy (non-hydrogen) atoms. The van der Waals surface area contributed by atoms with Crippen molar-refractivity contribution in [2.75, 3.05) is 0 Å². The van der Waals surface area contributed by atoms with Crippen LogP contribution in [0.2, 0.25) is 0 Å². The van der Waals surface area contributed by atoms with Crippen LogP contribution in [0, 0.1) is 0 Å². The van der Waals surface area contributed by atoms with Crippen molar-refractivity contribution in [1.29, 1.82) is 0 Å². The lowest BCUT2D eigenvalue weighted by Gasteiger charge is -1.70. The fourth-order valence-electron chi connectivity index (χ4n) is 0.313. The van der Waals surface area contributed by atoms with E-state index in [4.69, 9.17) is 9.26 Å². The minimum Gasteiger partial charge on any atom is -0.510 e. The largest absolute Gasteiger partial charge is 0.803 e. The standard InChI is InChI=1S/C5H5N.FHO3Si/c1-2-4-6-5-3-1;1-4-5(2)3/h1-5H;2H. The van der Waals surface area contributed by atoms with Crippen LogP contribution in [0.3, 0.4) is 0 Å². The van der Waals surface area contributed by atoms with E-state index >= 15 is 0 Å². The molecule has 0 saturated carbocycles. The van der Waals surface area contributed by atoms with Gasteiger partial charge in [0.25, 0.3) is 0 Å². The third-order valence-corrected chi connectivity index (χ3v) is 0.764. The molecule has 0 unspecified atom stereocenters. The van der Waals surface area contributed by atoms with E-state index in [1.807, 2.05) is 18.2 Å². The van der Waals surface area contributed by atoms with E-state index in [1.165, 1.54) is 0 Å². The zero-order valence-corrected chi connectivity index (χ0v) is 6.48. The molecule has 1 heterocycles. The smallest absolute Gasteiger partial charge is 0.510 e. The maximum Gasteiger partial charge on any atom is 0.803 e. The van der Waals surface area contributed by atoms with Crippen LogP contribution in [-0.2, 0) is 9.09 Å². The molecule has 0 atom stereocenters. The molecule has 1 aromatic heterocycles. The average Bonchev–Trinajstić information content (AvgIpc) is 2.09. The summed E-state index contributed by atoms with van der Waals surface area (Å²) in [5, 5.41) is 0. The highest BCUT2D eigenvalue weighted by Crippen LogP contribution is 1.73. The van der Waals surface area contributed by atoms with Crippen molar-refractivity contribution >= 4 is 9.17 Å². The lowest BCUT2D eigenvalue weighted by Crippen LogP contribution is -1.94. The van der Waals surface area contributed by atoms with Gasteiger partial charge in [0.15, 0.2) is 0 Å². The van der Waals surface area contributed by atoms with Gasteiger partial charge in [-0.25, -0.2) is 0 Å². The summed E-state index contributed by atoms with van der Waals surface area (Å²) in [6, 6.07) is 5.72. The summed E-state index contributed by atoms with van der Waals surface area (Å²) in [5.41, 5.74) is 0. The molecule has 0 bridgehead atoms. The normalized spacial score (nSPS) is 7.36. The maximum atomic E-state index is 10.1. The molecular weight excluding hydrogens is 169 g/mol. The molecule has 0 spiro atoms. The van der Waals surface area contributed by atoms with Gasteiger partial charge in [0.2, 0.25) is 0 Å². The molecule has 4 nitrogen and oxygen atoms in total. The lowest BCUT2D eigenvalue weighted by atomic mass is 10.5. The third kappa shape index (κ3) is 8.70. The van der Waals surface area contributed by atoms with Gasteiger partial charge in [0.1, 0.15) is 0 Å². The Morgan fingerprint density at radius 2 is 1.82 bits per heavy atom. The van der Waals surface area contributed by atoms with E-state index < -0.39 is 9.17 Å². The highest BCUT2D eigenvalue weighted by atomic mass is 28.3. The van der Waals surface area contributed by atoms with Crippen LogP contribution in [-0.4, -0.2) is 18.9 Å². The zero-order chi connectivity index (χ0) is 8.53. The van der Waals surface area contributed by atoms with Crippen LogP contribution in [0.4, 0.5) is 4.53 Å². The van der Waals surface area contributed by atoms with Crippen molar-refractivity contribution in [2.24, 2.45) is 0 Å². The Bertz CT molecular complexity index is 169. The summed E-state index contributed by atoms with van der Waals surface area (Å²) >= 11 is 0. The van der Waals surface area contributed by atoms with Crippen molar-refractivity contribution in [3.8, 4) is 0 Å². The van der Waals surface area contributed by atoms with Crippen LogP contribution in [0.25, 0.3) is 0 Å². The number of nitrogens with zero attached hydrogens (tertiary/aromatic N) is 1. The van der Waals surface area contributed by atoms with E-state index in [-0.39, 0.29) is 0 Å².